The van der Waals surface area contributed by atoms with Crippen LogP contribution in [-0.4, -0.2) is 48.9 Å². The van der Waals surface area contributed by atoms with Gasteiger partial charge in [0.05, 0.1) is 31.4 Å². The zero-order valence-electron chi connectivity index (χ0n) is 11.4. The summed E-state index contributed by atoms with van der Waals surface area (Å²) >= 11 is 0. The summed E-state index contributed by atoms with van der Waals surface area (Å²) in [6.45, 7) is 3.10. The number of anilines is 1. The molecule has 1 aliphatic heterocycles. The molecule has 1 aromatic heterocycles. The molecule has 2 heterocycles. The van der Waals surface area contributed by atoms with Gasteiger partial charge < -0.3 is 14.4 Å². The number of hydrogen-bond donors (Lipinski definition) is 0. The molecule has 0 spiro atoms. The van der Waals surface area contributed by atoms with Gasteiger partial charge in [-0.15, -0.1) is 0 Å². The fourth-order valence-electron chi connectivity index (χ4n) is 2.42. The molecule has 20 heavy (non-hydrogen) atoms. The lowest BCUT2D eigenvalue weighted by Gasteiger charge is -2.28. The molecule has 2 aromatic rings. The van der Waals surface area contributed by atoms with E-state index in [0.717, 1.165) is 30.1 Å². The summed E-state index contributed by atoms with van der Waals surface area (Å²) in [5, 5.41) is 0. The van der Waals surface area contributed by atoms with Gasteiger partial charge in [-0.3, -0.25) is 9.36 Å². The number of nitrogens with zero attached hydrogens (tertiary/aromatic N) is 3. The minimum absolute atomic E-state index is 0.170. The summed E-state index contributed by atoms with van der Waals surface area (Å²) in [6.07, 6.45) is 0. The van der Waals surface area contributed by atoms with E-state index in [4.69, 9.17) is 9.47 Å². The number of carbonyl (C=O) groups is 1. The molecule has 1 saturated heterocycles. The van der Waals surface area contributed by atoms with Crippen LogP contribution in [0.4, 0.5) is 5.95 Å². The van der Waals surface area contributed by atoms with Crippen LogP contribution in [0.3, 0.4) is 0 Å². The third-order valence-corrected chi connectivity index (χ3v) is 3.44. The van der Waals surface area contributed by atoms with E-state index in [-0.39, 0.29) is 12.5 Å². The van der Waals surface area contributed by atoms with E-state index >= 15 is 0 Å². The van der Waals surface area contributed by atoms with Crippen molar-refractivity contribution in [2.45, 2.75) is 6.54 Å². The number of carbonyl (C=O) groups excluding carboxylic acids is 1. The summed E-state index contributed by atoms with van der Waals surface area (Å²) in [4.78, 5) is 18.4. The van der Waals surface area contributed by atoms with Crippen LogP contribution in [0, 0.1) is 0 Å². The van der Waals surface area contributed by atoms with Crippen LogP contribution < -0.4 is 4.90 Å². The number of imidazole rings is 1. The fourth-order valence-corrected chi connectivity index (χ4v) is 2.42. The average molecular weight is 275 g/mol. The molecule has 0 aliphatic carbocycles. The smallest absolute Gasteiger partial charge is 0.325 e. The van der Waals surface area contributed by atoms with Crippen LogP contribution in [0.5, 0.6) is 0 Å². The van der Waals surface area contributed by atoms with Gasteiger partial charge in [0.2, 0.25) is 5.95 Å². The number of aromatic nitrogens is 2. The first-order valence-electron chi connectivity index (χ1n) is 6.64. The second kappa shape index (κ2) is 5.50. The SMILES string of the molecule is COC(=O)Cn1c(N2CCOCC2)nc2ccccc21. The van der Waals surface area contributed by atoms with Gasteiger partial charge in [0.1, 0.15) is 6.54 Å². The van der Waals surface area contributed by atoms with Crippen molar-refractivity contribution in [2.24, 2.45) is 0 Å². The van der Waals surface area contributed by atoms with E-state index in [2.05, 4.69) is 9.88 Å². The van der Waals surface area contributed by atoms with Crippen molar-refractivity contribution in [3.05, 3.63) is 24.3 Å². The maximum Gasteiger partial charge on any atom is 0.325 e. The third-order valence-electron chi connectivity index (χ3n) is 3.44. The number of fused-ring (bicyclic) bond motifs is 1. The fraction of sp³-hybridized carbons (Fsp3) is 0.429. The second-order valence-electron chi connectivity index (χ2n) is 4.66. The van der Waals surface area contributed by atoms with E-state index in [1.165, 1.54) is 7.11 Å². The Bertz CT molecular complexity index is 617. The van der Waals surface area contributed by atoms with E-state index < -0.39 is 0 Å². The molecule has 6 nitrogen and oxygen atoms in total. The number of esters is 1. The van der Waals surface area contributed by atoms with Crippen LogP contribution in [0.2, 0.25) is 0 Å². The highest BCUT2D eigenvalue weighted by Gasteiger charge is 2.20. The Kier molecular flexibility index (Phi) is 3.56. The predicted molar refractivity (Wildman–Crippen MR) is 74.8 cm³/mol. The van der Waals surface area contributed by atoms with Crippen LogP contribution >= 0.6 is 0 Å². The predicted octanol–water partition coefficient (Wildman–Crippen LogP) is 1.05. The van der Waals surface area contributed by atoms with Gasteiger partial charge in [0, 0.05) is 13.1 Å². The summed E-state index contributed by atoms with van der Waals surface area (Å²) in [5.41, 5.74) is 1.83. The Morgan fingerprint density at radius 2 is 2.10 bits per heavy atom. The molecule has 0 saturated carbocycles. The number of para-hydroxylation sites is 2. The van der Waals surface area contributed by atoms with Crippen LogP contribution in [-0.2, 0) is 20.8 Å². The first kappa shape index (κ1) is 12.9. The largest absolute Gasteiger partial charge is 0.468 e. The molecule has 106 valence electrons. The first-order valence-corrected chi connectivity index (χ1v) is 6.64. The Labute approximate surface area is 116 Å². The summed E-state index contributed by atoms with van der Waals surface area (Å²) < 4.78 is 12.1. The zero-order valence-corrected chi connectivity index (χ0v) is 11.4. The third kappa shape index (κ3) is 2.34. The van der Waals surface area contributed by atoms with Crippen molar-refractivity contribution >= 4 is 23.0 Å². The Morgan fingerprint density at radius 3 is 2.85 bits per heavy atom. The lowest BCUT2D eigenvalue weighted by molar-refractivity contribution is -0.141. The van der Waals surface area contributed by atoms with Crippen LogP contribution in [0.1, 0.15) is 0 Å². The van der Waals surface area contributed by atoms with Gasteiger partial charge in [-0.2, -0.15) is 0 Å². The molecule has 0 unspecified atom stereocenters. The van der Waals surface area contributed by atoms with Crippen LogP contribution in [0.15, 0.2) is 24.3 Å². The minimum Gasteiger partial charge on any atom is -0.468 e. The number of benzene rings is 1. The highest BCUT2D eigenvalue weighted by Crippen LogP contribution is 2.23. The standard InChI is InChI=1S/C14H17N3O3/c1-19-13(18)10-17-12-5-3-2-4-11(12)15-14(17)16-6-8-20-9-7-16/h2-5H,6-10H2,1H3. The molecule has 0 atom stereocenters. The molecule has 0 amide bonds. The molecule has 1 aliphatic rings. The van der Waals surface area contributed by atoms with Crippen molar-refractivity contribution in [1.29, 1.82) is 0 Å². The second-order valence-corrected chi connectivity index (χ2v) is 4.66. The van der Waals surface area contributed by atoms with E-state index in [9.17, 15) is 4.79 Å². The Morgan fingerprint density at radius 1 is 1.35 bits per heavy atom. The lowest BCUT2D eigenvalue weighted by atomic mass is 10.3. The molecule has 0 N–H and O–H groups in total. The Balaban J connectivity index is 2.04. The van der Waals surface area contributed by atoms with Gasteiger partial charge in [-0.25, -0.2) is 4.98 Å². The monoisotopic (exact) mass is 275 g/mol. The van der Waals surface area contributed by atoms with Gasteiger partial charge in [0.15, 0.2) is 0 Å². The number of rotatable bonds is 3. The van der Waals surface area contributed by atoms with Crippen molar-refractivity contribution < 1.29 is 14.3 Å². The highest BCUT2D eigenvalue weighted by atomic mass is 16.5. The van der Waals surface area contributed by atoms with Crippen molar-refractivity contribution in [1.82, 2.24) is 9.55 Å². The molecule has 3 rings (SSSR count). The molecule has 0 bridgehead atoms. The normalized spacial score (nSPS) is 15.6. The number of hydrogen-bond acceptors (Lipinski definition) is 5. The first-order chi connectivity index (χ1) is 9.79. The van der Waals surface area contributed by atoms with E-state index in [1.807, 2.05) is 28.8 Å². The molecule has 6 heteroatoms. The van der Waals surface area contributed by atoms with Crippen molar-refractivity contribution in [2.75, 3.05) is 38.3 Å². The quantitative estimate of drug-likeness (QED) is 0.784. The minimum atomic E-state index is -0.275. The van der Waals surface area contributed by atoms with Gasteiger partial charge in [0.25, 0.3) is 0 Å². The van der Waals surface area contributed by atoms with Crippen LogP contribution in [0.25, 0.3) is 11.0 Å². The Hall–Kier alpha value is -2.08. The van der Waals surface area contributed by atoms with Crippen molar-refractivity contribution in [3.63, 3.8) is 0 Å². The molecule has 1 fully saturated rings. The van der Waals surface area contributed by atoms with Crippen molar-refractivity contribution in [3.8, 4) is 0 Å². The zero-order chi connectivity index (χ0) is 13.9. The van der Waals surface area contributed by atoms with Gasteiger partial charge >= 0.3 is 5.97 Å². The highest BCUT2D eigenvalue weighted by molar-refractivity contribution is 5.81. The van der Waals surface area contributed by atoms with Gasteiger partial charge in [-0.1, -0.05) is 12.1 Å². The maximum atomic E-state index is 11.6. The topological polar surface area (TPSA) is 56.6 Å². The van der Waals surface area contributed by atoms with E-state index in [1.54, 1.807) is 0 Å². The molecular formula is C14H17N3O3. The maximum absolute atomic E-state index is 11.6. The molecule has 1 aromatic carbocycles. The number of morpholine rings is 1. The summed E-state index contributed by atoms with van der Waals surface area (Å²) in [7, 11) is 1.40. The number of methoxy groups -OCH3 is 1. The summed E-state index contributed by atoms with van der Waals surface area (Å²) in [6, 6.07) is 7.81. The van der Waals surface area contributed by atoms with Gasteiger partial charge in [-0.05, 0) is 12.1 Å². The molecule has 0 radical (unpaired) electrons. The lowest BCUT2D eigenvalue weighted by Crippen LogP contribution is -2.38. The average Bonchev–Trinajstić information content (AvgIpc) is 2.87. The number of ether oxygens (including phenoxy) is 2. The summed E-state index contributed by atoms with van der Waals surface area (Å²) in [5.74, 6) is 0.530. The molecular weight excluding hydrogens is 258 g/mol. The van der Waals surface area contributed by atoms with E-state index in [0.29, 0.717) is 13.2 Å².